The topological polar surface area (TPSA) is 52.6 Å². The van der Waals surface area contributed by atoms with Gasteiger partial charge in [-0.3, -0.25) is 0 Å². The van der Waals surface area contributed by atoms with Gasteiger partial charge in [0.15, 0.2) is 0 Å². The first-order chi connectivity index (χ1) is 11.1. The molecule has 4 nitrogen and oxygen atoms in total. The molecule has 0 heterocycles. The number of rotatable bonds is 10. The molecule has 0 aliphatic heterocycles. The molecule has 0 fully saturated rings. The average molecular weight is 341 g/mol. The molecule has 4 atom stereocenters. The fourth-order valence-corrected chi connectivity index (χ4v) is 2.28. The molecule has 0 N–H and O–H groups in total. The van der Waals surface area contributed by atoms with Crippen LogP contribution in [0.1, 0.15) is 55.4 Å². The Kier molecular flexibility index (Phi) is 10.7. The minimum atomic E-state index is -0.502. The van der Waals surface area contributed by atoms with Crippen molar-refractivity contribution >= 4 is 11.9 Å². The second kappa shape index (κ2) is 11.3. The molecule has 0 aromatic heterocycles. The van der Waals surface area contributed by atoms with E-state index in [1.165, 1.54) is 0 Å². The van der Waals surface area contributed by atoms with Gasteiger partial charge < -0.3 is 9.47 Å². The number of hydrogen-bond donors (Lipinski definition) is 0. The molecule has 24 heavy (non-hydrogen) atoms. The number of carbonyl (C=O) groups is 2. The summed E-state index contributed by atoms with van der Waals surface area (Å²) in [7, 11) is 0. The predicted molar refractivity (Wildman–Crippen MR) is 97.4 cm³/mol. The van der Waals surface area contributed by atoms with Crippen molar-refractivity contribution < 1.29 is 19.1 Å². The van der Waals surface area contributed by atoms with Gasteiger partial charge in [0.1, 0.15) is 0 Å². The van der Waals surface area contributed by atoms with E-state index in [4.69, 9.17) is 9.47 Å². The molecule has 0 aromatic carbocycles. The molecule has 0 saturated heterocycles. The van der Waals surface area contributed by atoms with Crippen molar-refractivity contribution in [2.75, 3.05) is 13.2 Å². The molecule has 140 valence electrons. The molecular weight excluding hydrogens is 304 g/mol. The first kappa shape index (κ1) is 22.7. The normalized spacial score (nSPS) is 16.9. The molecule has 0 radical (unpaired) electrons. The maximum absolute atomic E-state index is 11.7. The minimum absolute atomic E-state index is 0.285. The Morgan fingerprint density at radius 1 is 0.667 bits per heavy atom. The van der Waals surface area contributed by atoms with Crippen LogP contribution in [-0.4, -0.2) is 25.2 Å². The van der Waals surface area contributed by atoms with Gasteiger partial charge in [-0.25, -0.2) is 9.59 Å². The van der Waals surface area contributed by atoms with E-state index in [-0.39, 0.29) is 11.8 Å². The fraction of sp³-hybridized carbons (Fsp3) is 0.800. The highest BCUT2D eigenvalue weighted by atomic mass is 16.5. The molecule has 0 aromatic rings. The van der Waals surface area contributed by atoms with Gasteiger partial charge >= 0.3 is 11.9 Å². The standard InChI is InChI=1S/C20H36O4/c1-13(2)17(7)15(5)11-23-19(21)9-10-20(22)24-12-16(6)18(8)14(3)4/h9-10,13-18H,11-12H2,1-8H3/b10-9+. The second-order valence-corrected chi connectivity index (χ2v) is 7.75. The second-order valence-electron chi connectivity index (χ2n) is 7.75. The van der Waals surface area contributed by atoms with E-state index >= 15 is 0 Å². The Hall–Kier alpha value is -1.32. The van der Waals surface area contributed by atoms with E-state index in [0.717, 1.165) is 12.2 Å². The first-order valence-electron chi connectivity index (χ1n) is 9.07. The van der Waals surface area contributed by atoms with E-state index in [1.807, 2.05) is 0 Å². The lowest BCUT2D eigenvalue weighted by Gasteiger charge is -2.22. The summed E-state index contributed by atoms with van der Waals surface area (Å²) in [6.07, 6.45) is 2.29. The summed E-state index contributed by atoms with van der Waals surface area (Å²) < 4.78 is 10.4. The molecule has 0 aliphatic rings. The Balaban J connectivity index is 4.15. The zero-order valence-corrected chi connectivity index (χ0v) is 16.7. The van der Waals surface area contributed by atoms with Crippen molar-refractivity contribution in [3.05, 3.63) is 12.2 Å². The van der Waals surface area contributed by atoms with Crippen molar-refractivity contribution in [2.45, 2.75) is 55.4 Å². The fourth-order valence-electron chi connectivity index (χ4n) is 2.28. The van der Waals surface area contributed by atoms with Crippen LogP contribution in [-0.2, 0) is 19.1 Å². The van der Waals surface area contributed by atoms with E-state index in [2.05, 4.69) is 55.4 Å². The van der Waals surface area contributed by atoms with Crippen LogP contribution in [0.25, 0.3) is 0 Å². The lowest BCUT2D eigenvalue weighted by atomic mass is 9.87. The zero-order valence-electron chi connectivity index (χ0n) is 16.7. The SMILES string of the molecule is CC(C)C(C)C(C)COC(=O)/C=C/C(=O)OCC(C)C(C)C(C)C. The third kappa shape index (κ3) is 9.09. The van der Waals surface area contributed by atoms with Crippen molar-refractivity contribution in [3.8, 4) is 0 Å². The third-order valence-corrected chi connectivity index (χ3v) is 5.23. The van der Waals surface area contributed by atoms with Crippen LogP contribution in [0.2, 0.25) is 0 Å². The third-order valence-electron chi connectivity index (χ3n) is 5.23. The molecule has 0 saturated carbocycles. The summed E-state index contributed by atoms with van der Waals surface area (Å²) in [5.41, 5.74) is 0. The number of carbonyl (C=O) groups excluding carboxylic acids is 2. The van der Waals surface area contributed by atoms with Gasteiger partial charge in [-0.2, -0.15) is 0 Å². The summed E-state index contributed by atoms with van der Waals surface area (Å²) in [6.45, 7) is 17.8. The first-order valence-corrected chi connectivity index (χ1v) is 9.07. The maximum atomic E-state index is 11.7. The Labute approximate surface area is 148 Å². The van der Waals surface area contributed by atoms with Gasteiger partial charge in [0, 0.05) is 12.2 Å². The number of esters is 2. The van der Waals surface area contributed by atoms with Gasteiger partial charge in [-0.1, -0.05) is 55.4 Å². The van der Waals surface area contributed by atoms with Crippen molar-refractivity contribution in [2.24, 2.45) is 35.5 Å². The lowest BCUT2D eigenvalue weighted by molar-refractivity contribution is -0.142. The molecule has 4 heteroatoms. The van der Waals surface area contributed by atoms with Gasteiger partial charge in [0.25, 0.3) is 0 Å². The predicted octanol–water partition coefficient (Wildman–Crippen LogP) is 4.49. The number of hydrogen-bond acceptors (Lipinski definition) is 4. The van der Waals surface area contributed by atoms with Crippen molar-refractivity contribution in [1.82, 2.24) is 0 Å². The summed E-state index contributed by atoms with van der Waals surface area (Å²) >= 11 is 0. The van der Waals surface area contributed by atoms with Crippen molar-refractivity contribution in [3.63, 3.8) is 0 Å². The van der Waals surface area contributed by atoms with Crippen LogP contribution in [0.15, 0.2) is 12.2 Å². The molecule has 0 aliphatic carbocycles. The summed E-state index contributed by atoms with van der Waals surface area (Å²) in [6, 6.07) is 0. The molecular formula is C20H36O4. The van der Waals surface area contributed by atoms with Crippen LogP contribution >= 0.6 is 0 Å². The Bertz CT molecular complexity index is 374. The Morgan fingerprint density at radius 2 is 0.958 bits per heavy atom. The largest absolute Gasteiger partial charge is 0.462 e. The van der Waals surface area contributed by atoms with Gasteiger partial charge in [-0.05, 0) is 35.5 Å². The van der Waals surface area contributed by atoms with Crippen LogP contribution in [0.5, 0.6) is 0 Å². The van der Waals surface area contributed by atoms with E-state index in [0.29, 0.717) is 36.9 Å². The molecule has 0 rings (SSSR count). The Morgan fingerprint density at radius 3 is 1.21 bits per heavy atom. The average Bonchev–Trinajstić information content (AvgIpc) is 2.53. The number of ether oxygens (including phenoxy) is 2. The summed E-state index contributed by atoms with van der Waals surface area (Å²) in [5, 5.41) is 0. The highest BCUT2D eigenvalue weighted by Gasteiger charge is 2.18. The van der Waals surface area contributed by atoms with Crippen LogP contribution in [0.4, 0.5) is 0 Å². The maximum Gasteiger partial charge on any atom is 0.331 e. The quantitative estimate of drug-likeness (QED) is 0.434. The van der Waals surface area contributed by atoms with Gasteiger partial charge in [0.05, 0.1) is 13.2 Å². The van der Waals surface area contributed by atoms with Gasteiger partial charge in [-0.15, -0.1) is 0 Å². The highest BCUT2D eigenvalue weighted by molar-refractivity contribution is 5.91. The molecule has 0 bridgehead atoms. The molecule has 0 spiro atoms. The monoisotopic (exact) mass is 340 g/mol. The zero-order chi connectivity index (χ0) is 18.9. The van der Waals surface area contributed by atoms with Crippen LogP contribution in [0, 0.1) is 35.5 Å². The van der Waals surface area contributed by atoms with Crippen LogP contribution < -0.4 is 0 Å². The minimum Gasteiger partial charge on any atom is -0.462 e. The van der Waals surface area contributed by atoms with E-state index < -0.39 is 11.9 Å². The van der Waals surface area contributed by atoms with E-state index in [1.54, 1.807) is 0 Å². The lowest BCUT2D eigenvalue weighted by Crippen LogP contribution is -2.21. The van der Waals surface area contributed by atoms with Crippen molar-refractivity contribution in [1.29, 1.82) is 0 Å². The molecule has 4 unspecified atom stereocenters. The van der Waals surface area contributed by atoms with E-state index in [9.17, 15) is 9.59 Å². The molecule has 0 amide bonds. The van der Waals surface area contributed by atoms with Gasteiger partial charge in [0.2, 0.25) is 0 Å². The highest BCUT2D eigenvalue weighted by Crippen LogP contribution is 2.21. The van der Waals surface area contributed by atoms with Crippen LogP contribution in [0.3, 0.4) is 0 Å². The summed E-state index contributed by atoms with van der Waals surface area (Å²) in [4.78, 5) is 23.3. The summed E-state index contributed by atoms with van der Waals surface area (Å²) in [5.74, 6) is 1.59. The smallest absolute Gasteiger partial charge is 0.331 e.